The first-order valence-electron chi connectivity index (χ1n) is 10.6. The molecule has 172 valence electrons. The van der Waals surface area contributed by atoms with E-state index in [1.165, 1.54) is 0 Å². The van der Waals surface area contributed by atoms with Crippen molar-refractivity contribution in [1.82, 2.24) is 4.98 Å². The molecule has 0 saturated carbocycles. The smallest absolute Gasteiger partial charge is 0.264 e. The minimum Gasteiger partial charge on any atom is -0.456 e. The Morgan fingerprint density at radius 1 is 0.882 bits per heavy atom. The van der Waals surface area contributed by atoms with Gasteiger partial charge in [-0.2, -0.15) is 5.10 Å². The predicted molar refractivity (Wildman–Crippen MR) is 135 cm³/mol. The molecule has 7 nitrogen and oxygen atoms in total. The summed E-state index contributed by atoms with van der Waals surface area (Å²) in [5, 5.41) is 4.24. The Kier molecular flexibility index (Phi) is 6.89. The Morgan fingerprint density at radius 2 is 1.68 bits per heavy atom. The molecule has 8 heteroatoms. The van der Waals surface area contributed by atoms with E-state index in [0.717, 1.165) is 16.7 Å². The Hall–Kier alpha value is -4.17. The van der Waals surface area contributed by atoms with Crippen molar-refractivity contribution in [2.24, 2.45) is 5.10 Å². The molecule has 0 aliphatic heterocycles. The number of pyridine rings is 1. The summed E-state index contributed by atoms with van der Waals surface area (Å²) in [6.07, 6.45) is 4.93. The number of rotatable bonds is 8. The fourth-order valence-electron chi connectivity index (χ4n) is 3.17. The van der Waals surface area contributed by atoms with E-state index in [-0.39, 0.29) is 4.90 Å². The SMILES string of the molecule is Cc1ccc(N/N=C/c2ccc(Oc3cccnc3)cc2)c(S(=O)(=O)Nc2ccccc2C)c1. The highest BCUT2D eigenvalue weighted by molar-refractivity contribution is 7.92. The van der Waals surface area contributed by atoms with Crippen LogP contribution in [0, 0.1) is 13.8 Å². The minimum atomic E-state index is -3.83. The van der Waals surface area contributed by atoms with E-state index in [0.29, 0.717) is 22.9 Å². The molecule has 0 amide bonds. The van der Waals surface area contributed by atoms with E-state index < -0.39 is 10.0 Å². The standard InChI is InChI=1S/C26H24N4O3S/c1-19-9-14-25(26(16-19)34(31,32)30-24-8-4-3-6-20(24)2)29-28-17-21-10-12-22(13-11-21)33-23-7-5-15-27-18-23/h3-18,29-30H,1-2H3/b28-17+. The zero-order valence-electron chi connectivity index (χ0n) is 18.8. The van der Waals surface area contributed by atoms with Crippen LogP contribution in [0.4, 0.5) is 11.4 Å². The minimum absolute atomic E-state index is 0.119. The van der Waals surface area contributed by atoms with Gasteiger partial charge in [0.2, 0.25) is 0 Å². The van der Waals surface area contributed by atoms with Gasteiger partial charge in [0.05, 0.1) is 23.8 Å². The van der Waals surface area contributed by atoms with E-state index in [1.54, 1.807) is 48.9 Å². The van der Waals surface area contributed by atoms with Gasteiger partial charge in [0.15, 0.2) is 0 Å². The van der Waals surface area contributed by atoms with Crippen LogP contribution in [0.2, 0.25) is 0 Å². The van der Waals surface area contributed by atoms with Crippen molar-refractivity contribution in [3.05, 3.63) is 108 Å². The van der Waals surface area contributed by atoms with E-state index in [2.05, 4.69) is 20.2 Å². The predicted octanol–water partition coefficient (Wildman–Crippen LogP) is 5.74. The maximum atomic E-state index is 13.1. The molecule has 3 aromatic carbocycles. The molecule has 34 heavy (non-hydrogen) atoms. The second-order valence-electron chi connectivity index (χ2n) is 7.65. The average Bonchev–Trinajstić information content (AvgIpc) is 2.83. The van der Waals surface area contributed by atoms with Crippen LogP contribution in [0.15, 0.2) is 101 Å². The molecular weight excluding hydrogens is 448 g/mol. The molecule has 4 rings (SSSR count). The molecular formula is C26H24N4O3S. The van der Waals surface area contributed by atoms with Crippen molar-refractivity contribution >= 4 is 27.6 Å². The number of nitrogens with zero attached hydrogens (tertiary/aromatic N) is 2. The number of anilines is 2. The quantitative estimate of drug-likeness (QED) is 0.252. The summed E-state index contributed by atoms with van der Waals surface area (Å²) < 4.78 is 34.7. The topological polar surface area (TPSA) is 92.7 Å². The third kappa shape index (κ3) is 5.79. The van der Waals surface area contributed by atoms with E-state index in [4.69, 9.17) is 4.74 Å². The average molecular weight is 473 g/mol. The van der Waals surface area contributed by atoms with Crippen molar-refractivity contribution in [3.63, 3.8) is 0 Å². The highest BCUT2D eigenvalue weighted by Gasteiger charge is 2.19. The van der Waals surface area contributed by atoms with Gasteiger partial charge in [-0.15, -0.1) is 0 Å². The van der Waals surface area contributed by atoms with Crippen molar-refractivity contribution in [2.45, 2.75) is 18.7 Å². The zero-order chi connectivity index (χ0) is 24.0. The van der Waals surface area contributed by atoms with Gasteiger partial charge < -0.3 is 4.74 Å². The number of nitrogens with one attached hydrogen (secondary N) is 2. The monoisotopic (exact) mass is 472 g/mol. The zero-order valence-corrected chi connectivity index (χ0v) is 19.6. The number of para-hydroxylation sites is 1. The fourth-order valence-corrected chi connectivity index (χ4v) is 4.55. The van der Waals surface area contributed by atoms with Crippen LogP contribution < -0.4 is 14.9 Å². The first kappa shape index (κ1) is 23.0. The maximum absolute atomic E-state index is 13.1. The summed E-state index contributed by atoms with van der Waals surface area (Å²) in [5.74, 6) is 1.32. The third-order valence-electron chi connectivity index (χ3n) is 4.96. The third-order valence-corrected chi connectivity index (χ3v) is 6.37. The maximum Gasteiger partial charge on any atom is 0.264 e. The molecule has 0 bridgehead atoms. The van der Waals surface area contributed by atoms with Crippen LogP contribution in [-0.2, 0) is 10.0 Å². The molecule has 1 aromatic heterocycles. The van der Waals surface area contributed by atoms with Crippen LogP contribution in [0.25, 0.3) is 0 Å². The Bertz CT molecular complexity index is 1400. The molecule has 0 fully saturated rings. The lowest BCUT2D eigenvalue weighted by Gasteiger charge is -2.14. The van der Waals surface area contributed by atoms with Crippen LogP contribution in [-0.4, -0.2) is 19.6 Å². The number of hydrogen-bond donors (Lipinski definition) is 2. The van der Waals surface area contributed by atoms with E-state index in [9.17, 15) is 8.42 Å². The number of sulfonamides is 1. The van der Waals surface area contributed by atoms with Gasteiger partial charge in [-0.05, 0) is 85.1 Å². The largest absolute Gasteiger partial charge is 0.456 e. The van der Waals surface area contributed by atoms with E-state index >= 15 is 0 Å². The molecule has 0 spiro atoms. The van der Waals surface area contributed by atoms with Crippen molar-refractivity contribution < 1.29 is 13.2 Å². The highest BCUT2D eigenvalue weighted by Crippen LogP contribution is 2.26. The van der Waals surface area contributed by atoms with Crippen LogP contribution in [0.1, 0.15) is 16.7 Å². The van der Waals surface area contributed by atoms with Crippen molar-refractivity contribution in [2.75, 3.05) is 10.1 Å². The summed E-state index contributed by atoms with van der Waals surface area (Å²) in [6.45, 7) is 3.69. The fraction of sp³-hybridized carbons (Fsp3) is 0.0769. The number of ether oxygens (including phenoxy) is 1. The van der Waals surface area contributed by atoms with E-state index in [1.807, 2.05) is 62.4 Å². The highest BCUT2D eigenvalue weighted by atomic mass is 32.2. The summed E-state index contributed by atoms with van der Waals surface area (Å²) in [5.41, 5.74) is 6.25. The van der Waals surface area contributed by atoms with Crippen molar-refractivity contribution in [1.29, 1.82) is 0 Å². The van der Waals surface area contributed by atoms with Gasteiger partial charge in [0, 0.05) is 6.20 Å². The summed E-state index contributed by atoms with van der Waals surface area (Å²) in [7, 11) is -3.83. The number of aromatic nitrogens is 1. The first-order valence-corrected chi connectivity index (χ1v) is 12.1. The summed E-state index contributed by atoms with van der Waals surface area (Å²) in [4.78, 5) is 4.14. The summed E-state index contributed by atoms with van der Waals surface area (Å²) >= 11 is 0. The van der Waals surface area contributed by atoms with Gasteiger partial charge in [-0.3, -0.25) is 15.1 Å². The van der Waals surface area contributed by atoms with Crippen LogP contribution in [0.3, 0.4) is 0 Å². The number of aryl methyl sites for hydroxylation is 2. The molecule has 0 radical (unpaired) electrons. The van der Waals surface area contributed by atoms with Gasteiger partial charge >= 0.3 is 0 Å². The lowest BCUT2D eigenvalue weighted by molar-refractivity contribution is 0.480. The number of hydrogen-bond acceptors (Lipinski definition) is 6. The van der Waals surface area contributed by atoms with Gasteiger partial charge in [0.25, 0.3) is 10.0 Å². The number of benzene rings is 3. The normalized spacial score (nSPS) is 11.4. The van der Waals surface area contributed by atoms with Crippen molar-refractivity contribution in [3.8, 4) is 11.5 Å². The van der Waals surface area contributed by atoms with Gasteiger partial charge in [-0.25, -0.2) is 8.42 Å². The Balaban J connectivity index is 1.48. The Morgan fingerprint density at radius 3 is 2.41 bits per heavy atom. The molecule has 0 aliphatic carbocycles. The molecule has 4 aromatic rings. The Labute approximate surface area is 199 Å². The van der Waals surface area contributed by atoms with Gasteiger partial charge in [-0.1, -0.05) is 24.3 Å². The first-order chi connectivity index (χ1) is 16.4. The van der Waals surface area contributed by atoms with Gasteiger partial charge in [0.1, 0.15) is 16.4 Å². The molecule has 0 saturated heterocycles. The number of hydrazone groups is 1. The molecule has 1 heterocycles. The lowest BCUT2D eigenvalue weighted by Crippen LogP contribution is -2.15. The second-order valence-corrected chi connectivity index (χ2v) is 9.30. The molecule has 0 aliphatic rings. The molecule has 0 atom stereocenters. The molecule has 0 unspecified atom stereocenters. The molecule has 2 N–H and O–H groups in total. The summed E-state index contributed by atoms with van der Waals surface area (Å²) in [6, 6.07) is 23.3. The lowest BCUT2D eigenvalue weighted by atomic mass is 10.2. The van der Waals surface area contributed by atoms with Crippen LogP contribution in [0.5, 0.6) is 11.5 Å². The van der Waals surface area contributed by atoms with Crippen LogP contribution >= 0.6 is 0 Å². The second kappa shape index (κ2) is 10.2.